The van der Waals surface area contributed by atoms with Crippen LogP contribution in [0.2, 0.25) is 0 Å². The number of hydrogen-bond acceptors (Lipinski definition) is 3. The second-order valence-corrected chi connectivity index (χ2v) is 4.47. The van der Waals surface area contributed by atoms with Gasteiger partial charge in [0, 0.05) is 18.8 Å². The van der Waals surface area contributed by atoms with Crippen LogP contribution in [0.3, 0.4) is 0 Å². The number of rotatable bonds is 5. The van der Waals surface area contributed by atoms with Crippen molar-refractivity contribution in [3.63, 3.8) is 0 Å². The smallest absolute Gasteiger partial charge is 0.0636 e. The minimum Gasteiger partial charge on any atom is -0.392 e. The van der Waals surface area contributed by atoms with Crippen molar-refractivity contribution in [2.24, 2.45) is 0 Å². The van der Waals surface area contributed by atoms with Gasteiger partial charge >= 0.3 is 0 Å². The molecule has 0 bridgehead atoms. The number of aliphatic hydroxyl groups excluding tert-OH is 1. The molecule has 3 nitrogen and oxygen atoms in total. The number of hydrogen-bond donors (Lipinski definition) is 3. The first-order chi connectivity index (χ1) is 7.75. The van der Waals surface area contributed by atoms with Gasteiger partial charge in [0.1, 0.15) is 0 Å². The summed E-state index contributed by atoms with van der Waals surface area (Å²) in [6, 6.07) is 6.65. The standard InChI is InChI=1S/C13H20N2O/c1-10(16)9-14-6-4-11-2-3-13-12(8-11)5-7-15-13/h2-3,8,10,14-16H,4-7,9H2,1H3. The number of nitrogens with one attached hydrogen (secondary N) is 2. The number of fused-ring (bicyclic) bond motifs is 1. The third-order valence-electron chi connectivity index (χ3n) is 2.91. The van der Waals surface area contributed by atoms with Crippen molar-refractivity contribution in [2.75, 3.05) is 25.0 Å². The van der Waals surface area contributed by atoms with E-state index in [0.29, 0.717) is 6.54 Å². The lowest BCUT2D eigenvalue weighted by Gasteiger charge is -2.08. The molecular weight excluding hydrogens is 200 g/mol. The van der Waals surface area contributed by atoms with Gasteiger partial charge in [0.25, 0.3) is 0 Å². The van der Waals surface area contributed by atoms with Gasteiger partial charge in [-0.1, -0.05) is 12.1 Å². The zero-order valence-electron chi connectivity index (χ0n) is 9.79. The maximum atomic E-state index is 9.11. The van der Waals surface area contributed by atoms with E-state index in [1.165, 1.54) is 16.8 Å². The molecule has 1 unspecified atom stereocenters. The summed E-state index contributed by atoms with van der Waals surface area (Å²) in [4.78, 5) is 0. The summed E-state index contributed by atoms with van der Waals surface area (Å²) >= 11 is 0. The predicted octanol–water partition coefficient (Wildman–Crippen LogP) is 1.17. The van der Waals surface area contributed by atoms with Gasteiger partial charge in [-0.3, -0.25) is 0 Å². The Hall–Kier alpha value is -1.06. The maximum Gasteiger partial charge on any atom is 0.0636 e. The van der Waals surface area contributed by atoms with Gasteiger partial charge in [0.05, 0.1) is 6.10 Å². The van der Waals surface area contributed by atoms with E-state index < -0.39 is 0 Å². The third kappa shape index (κ3) is 2.97. The van der Waals surface area contributed by atoms with Crippen LogP contribution in [0.1, 0.15) is 18.1 Å². The molecule has 0 fully saturated rings. The Morgan fingerprint density at radius 2 is 2.38 bits per heavy atom. The van der Waals surface area contributed by atoms with Gasteiger partial charge < -0.3 is 15.7 Å². The highest BCUT2D eigenvalue weighted by atomic mass is 16.3. The zero-order valence-corrected chi connectivity index (χ0v) is 9.79. The van der Waals surface area contributed by atoms with Gasteiger partial charge in [0.15, 0.2) is 0 Å². The van der Waals surface area contributed by atoms with Crippen molar-refractivity contribution in [2.45, 2.75) is 25.9 Å². The lowest BCUT2D eigenvalue weighted by molar-refractivity contribution is 0.191. The molecule has 1 heterocycles. The first-order valence-corrected chi connectivity index (χ1v) is 6.00. The average Bonchev–Trinajstić information content (AvgIpc) is 2.71. The molecule has 0 aromatic heterocycles. The predicted molar refractivity (Wildman–Crippen MR) is 66.9 cm³/mol. The van der Waals surface area contributed by atoms with Crippen molar-refractivity contribution in [1.29, 1.82) is 0 Å². The quantitative estimate of drug-likeness (QED) is 0.653. The van der Waals surface area contributed by atoms with Crippen LogP contribution in [0.25, 0.3) is 0 Å². The van der Waals surface area contributed by atoms with E-state index in [4.69, 9.17) is 5.11 Å². The normalized spacial score (nSPS) is 15.6. The Morgan fingerprint density at radius 3 is 3.19 bits per heavy atom. The summed E-state index contributed by atoms with van der Waals surface area (Å²) in [5, 5.41) is 15.7. The molecule has 1 aliphatic rings. The van der Waals surface area contributed by atoms with Gasteiger partial charge in [-0.05, 0) is 43.5 Å². The fourth-order valence-electron chi connectivity index (χ4n) is 2.06. The fraction of sp³-hybridized carbons (Fsp3) is 0.538. The van der Waals surface area contributed by atoms with Crippen LogP contribution in [0, 0.1) is 0 Å². The topological polar surface area (TPSA) is 44.3 Å². The summed E-state index contributed by atoms with van der Waals surface area (Å²) in [6.07, 6.45) is 1.91. The van der Waals surface area contributed by atoms with Gasteiger partial charge in [-0.15, -0.1) is 0 Å². The van der Waals surface area contributed by atoms with E-state index in [1.807, 2.05) is 0 Å². The average molecular weight is 220 g/mol. The molecule has 0 saturated heterocycles. The number of aliphatic hydroxyl groups is 1. The Labute approximate surface area is 96.9 Å². The van der Waals surface area contributed by atoms with Crippen LogP contribution in [-0.2, 0) is 12.8 Å². The first-order valence-electron chi connectivity index (χ1n) is 6.00. The Bertz CT molecular complexity index is 350. The molecule has 16 heavy (non-hydrogen) atoms. The molecule has 1 aromatic rings. The zero-order chi connectivity index (χ0) is 11.4. The minimum atomic E-state index is -0.260. The second-order valence-electron chi connectivity index (χ2n) is 4.47. The van der Waals surface area contributed by atoms with E-state index in [-0.39, 0.29) is 6.10 Å². The number of benzene rings is 1. The first kappa shape index (κ1) is 11.4. The Balaban J connectivity index is 1.81. The summed E-state index contributed by atoms with van der Waals surface area (Å²) in [7, 11) is 0. The van der Waals surface area contributed by atoms with Crippen molar-refractivity contribution >= 4 is 5.69 Å². The van der Waals surface area contributed by atoms with Crippen LogP contribution in [0.15, 0.2) is 18.2 Å². The molecule has 88 valence electrons. The van der Waals surface area contributed by atoms with Crippen LogP contribution in [-0.4, -0.2) is 30.8 Å². The van der Waals surface area contributed by atoms with E-state index in [0.717, 1.165) is 25.9 Å². The Morgan fingerprint density at radius 1 is 1.50 bits per heavy atom. The molecule has 0 saturated carbocycles. The maximum absolute atomic E-state index is 9.11. The van der Waals surface area contributed by atoms with Crippen LogP contribution >= 0.6 is 0 Å². The largest absolute Gasteiger partial charge is 0.392 e. The molecule has 1 aliphatic heterocycles. The Kier molecular flexibility index (Phi) is 3.80. The van der Waals surface area contributed by atoms with Crippen LogP contribution < -0.4 is 10.6 Å². The summed E-state index contributed by atoms with van der Waals surface area (Å²) in [5.74, 6) is 0. The van der Waals surface area contributed by atoms with Crippen molar-refractivity contribution in [3.8, 4) is 0 Å². The van der Waals surface area contributed by atoms with Crippen molar-refractivity contribution < 1.29 is 5.11 Å². The minimum absolute atomic E-state index is 0.260. The monoisotopic (exact) mass is 220 g/mol. The van der Waals surface area contributed by atoms with Crippen molar-refractivity contribution in [1.82, 2.24) is 5.32 Å². The van der Waals surface area contributed by atoms with Gasteiger partial charge in [-0.25, -0.2) is 0 Å². The molecule has 0 amide bonds. The summed E-state index contributed by atoms with van der Waals surface area (Å²) in [5.41, 5.74) is 4.11. The molecule has 3 heteroatoms. The molecule has 0 aliphatic carbocycles. The molecule has 1 atom stereocenters. The highest BCUT2D eigenvalue weighted by molar-refractivity contribution is 5.56. The van der Waals surface area contributed by atoms with E-state index in [1.54, 1.807) is 6.92 Å². The number of anilines is 1. The van der Waals surface area contributed by atoms with Crippen LogP contribution in [0.4, 0.5) is 5.69 Å². The van der Waals surface area contributed by atoms with E-state index in [9.17, 15) is 0 Å². The molecule has 1 aromatic carbocycles. The lowest BCUT2D eigenvalue weighted by Crippen LogP contribution is -2.26. The van der Waals surface area contributed by atoms with Gasteiger partial charge in [-0.2, -0.15) is 0 Å². The molecule has 2 rings (SSSR count). The summed E-state index contributed by atoms with van der Waals surface area (Å²) < 4.78 is 0. The summed E-state index contributed by atoms with van der Waals surface area (Å²) in [6.45, 7) is 4.47. The highest BCUT2D eigenvalue weighted by Crippen LogP contribution is 2.22. The van der Waals surface area contributed by atoms with Crippen LogP contribution in [0.5, 0.6) is 0 Å². The molecule has 3 N–H and O–H groups in total. The van der Waals surface area contributed by atoms with Gasteiger partial charge in [0.2, 0.25) is 0 Å². The fourth-order valence-corrected chi connectivity index (χ4v) is 2.06. The van der Waals surface area contributed by atoms with Crippen molar-refractivity contribution in [3.05, 3.63) is 29.3 Å². The molecule has 0 radical (unpaired) electrons. The third-order valence-corrected chi connectivity index (χ3v) is 2.91. The molecule has 0 spiro atoms. The lowest BCUT2D eigenvalue weighted by atomic mass is 10.1. The second kappa shape index (κ2) is 5.32. The van der Waals surface area contributed by atoms with E-state index in [2.05, 4.69) is 28.8 Å². The van der Waals surface area contributed by atoms with E-state index >= 15 is 0 Å². The highest BCUT2D eigenvalue weighted by Gasteiger charge is 2.09. The molecular formula is C13H20N2O. The SMILES string of the molecule is CC(O)CNCCc1ccc2c(c1)CCN2.